The van der Waals surface area contributed by atoms with Crippen molar-refractivity contribution in [3.8, 4) is 0 Å². The Hall–Kier alpha value is -0.0100. The second kappa shape index (κ2) is 8.16. The Balaban J connectivity index is 0.000000447. The van der Waals surface area contributed by atoms with Gasteiger partial charge in [0.2, 0.25) is 0 Å². The van der Waals surface area contributed by atoms with Crippen molar-refractivity contribution in [2.75, 3.05) is 14.1 Å². The van der Waals surface area contributed by atoms with Crippen LogP contribution in [0.25, 0.3) is 0 Å². The molecule has 0 saturated heterocycles. The Morgan fingerprint density at radius 2 is 1.69 bits per heavy atom. The summed E-state index contributed by atoms with van der Waals surface area (Å²) in [6.45, 7) is 7.50. The molecule has 4 unspecified atom stereocenters. The molecule has 4 aliphatic rings. The summed E-state index contributed by atoms with van der Waals surface area (Å²) >= 11 is 5.11. The Labute approximate surface area is 168 Å². The van der Waals surface area contributed by atoms with Crippen molar-refractivity contribution in [1.29, 1.82) is 0 Å². The van der Waals surface area contributed by atoms with E-state index >= 15 is 0 Å². The molecule has 0 N–H and O–H groups in total. The maximum atomic E-state index is 5.11. The summed E-state index contributed by atoms with van der Waals surface area (Å²) in [6, 6.07) is 0. The van der Waals surface area contributed by atoms with Gasteiger partial charge < -0.3 is 0 Å². The molecule has 0 aromatic rings. The third-order valence-electron chi connectivity index (χ3n) is 8.91. The largest absolute Gasteiger partial charge is 0.226 e. The SMILES string of the molecule is CCC1(CC)CCC2=C(CCC3C2CCC2(C)CCCC32)C1.CN(C)Cl. The highest BCUT2D eigenvalue weighted by atomic mass is 35.5. The molecule has 0 aromatic heterocycles. The predicted octanol–water partition coefficient (Wildman–Crippen LogP) is 7.60. The van der Waals surface area contributed by atoms with E-state index in [2.05, 4.69) is 20.8 Å². The van der Waals surface area contributed by atoms with Gasteiger partial charge in [0.25, 0.3) is 0 Å². The molecule has 0 heterocycles. The molecule has 0 aromatic carbocycles. The zero-order chi connectivity index (χ0) is 18.9. The summed E-state index contributed by atoms with van der Waals surface area (Å²) in [7, 11) is 3.53. The third kappa shape index (κ3) is 3.90. The molecule has 0 aliphatic heterocycles. The van der Waals surface area contributed by atoms with E-state index < -0.39 is 0 Å². The van der Waals surface area contributed by atoms with Crippen LogP contribution in [0.2, 0.25) is 0 Å². The molecule has 150 valence electrons. The number of hydrogen-bond donors (Lipinski definition) is 0. The first kappa shape index (κ1) is 20.7. The van der Waals surface area contributed by atoms with Crippen LogP contribution in [0.3, 0.4) is 0 Å². The highest BCUT2D eigenvalue weighted by molar-refractivity contribution is 6.12. The maximum absolute atomic E-state index is 5.11. The van der Waals surface area contributed by atoms with Crippen molar-refractivity contribution in [1.82, 2.24) is 4.42 Å². The average Bonchev–Trinajstić information content (AvgIpc) is 3.02. The molecule has 4 rings (SSSR count). The monoisotopic (exact) mass is 379 g/mol. The Morgan fingerprint density at radius 3 is 2.35 bits per heavy atom. The van der Waals surface area contributed by atoms with Gasteiger partial charge in [0, 0.05) is 14.1 Å². The number of fused-ring (bicyclic) bond motifs is 4. The van der Waals surface area contributed by atoms with Gasteiger partial charge in [0.1, 0.15) is 0 Å². The van der Waals surface area contributed by atoms with Crippen molar-refractivity contribution >= 4 is 11.8 Å². The van der Waals surface area contributed by atoms with Crippen LogP contribution in [0.1, 0.15) is 97.8 Å². The van der Waals surface area contributed by atoms with E-state index in [1.165, 1.54) is 75.0 Å². The van der Waals surface area contributed by atoms with E-state index in [1.54, 1.807) is 20.5 Å². The van der Waals surface area contributed by atoms with Gasteiger partial charge in [0.05, 0.1) is 0 Å². The fourth-order valence-electron chi connectivity index (χ4n) is 7.24. The third-order valence-corrected chi connectivity index (χ3v) is 8.91. The number of nitrogens with zero attached hydrogens (tertiary/aromatic N) is 1. The Morgan fingerprint density at radius 1 is 1.00 bits per heavy atom. The number of halogens is 1. The lowest BCUT2D eigenvalue weighted by Crippen LogP contribution is -2.42. The van der Waals surface area contributed by atoms with Gasteiger partial charge in [0.15, 0.2) is 0 Å². The molecule has 0 spiro atoms. The quantitative estimate of drug-likeness (QED) is 0.352. The first-order valence-corrected chi connectivity index (χ1v) is 11.7. The summed E-state index contributed by atoms with van der Waals surface area (Å²) in [4.78, 5) is 0. The second-order valence-corrected chi connectivity index (χ2v) is 11.0. The summed E-state index contributed by atoms with van der Waals surface area (Å²) < 4.78 is 1.47. The van der Waals surface area contributed by atoms with Gasteiger partial charge in [-0.05, 0) is 98.1 Å². The molecular formula is C24H42ClN. The molecule has 0 radical (unpaired) electrons. The zero-order valence-corrected chi connectivity index (χ0v) is 18.8. The fourth-order valence-corrected chi connectivity index (χ4v) is 7.24. The van der Waals surface area contributed by atoms with Gasteiger partial charge in [-0.25, -0.2) is 4.42 Å². The van der Waals surface area contributed by atoms with Gasteiger partial charge in [-0.3, -0.25) is 0 Å². The van der Waals surface area contributed by atoms with Crippen LogP contribution in [0, 0.1) is 28.6 Å². The van der Waals surface area contributed by atoms with Crippen molar-refractivity contribution in [2.24, 2.45) is 28.6 Å². The first-order chi connectivity index (χ1) is 12.3. The lowest BCUT2D eigenvalue weighted by molar-refractivity contribution is 0.0369. The van der Waals surface area contributed by atoms with E-state index in [4.69, 9.17) is 11.8 Å². The van der Waals surface area contributed by atoms with E-state index in [0.29, 0.717) is 5.41 Å². The highest BCUT2D eigenvalue weighted by Gasteiger charge is 2.51. The fraction of sp³-hybridized carbons (Fsp3) is 0.917. The van der Waals surface area contributed by atoms with Gasteiger partial charge in [-0.1, -0.05) is 51.2 Å². The van der Waals surface area contributed by atoms with Crippen LogP contribution in [0.5, 0.6) is 0 Å². The maximum Gasteiger partial charge on any atom is 0.00209 e. The Kier molecular flexibility index (Phi) is 6.50. The van der Waals surface area contributed by atoms with Gasteiger partial charge in [-0.15, -0.1) is 0 Å². The number of rotatable bonds is 2. The molecule has 26 heavy (non-hydrogen) atoms. The van der Waals surface area contributed by atoms with Crippen molar-refractivity contribution < 1.29 is 0 Å². The van der Waals surface area contributed by atoms with Crippen LogP contribution in [-0.2, 0) is 0 Å². The van der Waals surface area contributed by atoms with Crippen LogP contribution < -0.4 is 0 Å². The first-order valence-electron chi connectivity index (χ1n) is 11.4. The molecule has 0 bridgehead atoms. The summed E-state index contributed by atoms with van der Waals surface area (Å²) in [5, 5.41) is 0. The highest BCUT2D eigenvalue weighted by Crippen LogP contribution is 2.62. The molecule has 2 fully saturated rings. The summed E-state index contributed by atoms with van der Waals surface area (Å²) in [5.74, 6) is 3.15. The number of allylic oxidation sites excluding steroid dienone is 2. The molecule has 2 saturated carbocycles. The molecule has 4 aliphatic carbocycles. The zero-order valence-electron chi connectivity index (χ0n) is 18.0. The van der Waals surface area contributed by atoms with E-state index in [-0.39, 0.29) is 0 Å². The van der Waals surface area contributed by atoms with Gasteiger partial charge in [-0.2, -0.15) is 0 Å². The molecule has 4 atom stereocenters. The number of hydrogen-bond acceptors (Lipinski definition) is 1. The van der Waals surface area contributed by atoms with Crippen molar-refractivity contribution in [2.45, 2.75) is 97.8 Å². The predicted molar refractivity (Wildman–Crippen MR) is 114 cm³/mol. The molecule has 1 nitrogen and oxygen atoms in total. The molecular weight excluding hydrogens is 338 g/mol. The normalized spacial score (nSPS) is 38.2. The van der Waals surface area contributed by atoms with Gasteiger partial charge >= 0.3 is 0 Å². The van der Waals surface area contributed by atoms with E-state index in [9.17, 15) is 0 Å². The van der Waals surface area contributed by atoms with Crippen LogP contribution >= 0.6 is 11.8 Å². The van der Waals surface area contributed by atoms with E-state index in [0.717, 1.165) is 23.2 Å². The van der Waals surface area contributed by atoms with Crippen LogP contribution in [0.15, 0.2) is 11.1 Å². The standard InChI is InChI=1S/C22H36.C2H6ClN/c1-4-22(5-2)14-11-17-16(15-22)8-9-19-18(17)10-13-21(3)12-6-7-20(19)21;1-4(2)3/h18-20H,4-15H2,1-3H3;1-2H3. The summed E-state index contributed by atoms with van der Waals surface area (Å²) in [5.41, 5.74) is 5.33. The lowest BCUT2D eigenvalue weighted by Gasteiger charge is -2.52. The van der Waals surface area contributed by atoms with E-state index in [1.807, 2.05) is 11.1 Å². The van der Waals surface area contributed by atoms with Crippen molar-refractivity contribution in [3.05, 3.63) is 11.1 Å². The average molecular weight is 380 g/mol. The minimum Gasteiger partial charge on any atom is -0.226 e. The lowest BCUT2D eigenvalue weighted by atomic mass is 9.53. The second-order valence-electron chi connectivity index (χ2n) is 10.3. The topological polar surface area (TPSA) is 3.24 Å². The minimum atomic E-state index is 0.669. The minimum absolute atomic E-state index is 0.669. The van der Waals surface area contributed by atoms with Crippen LogP contribution in [0.4, 0.5) is 0 Å². The molecule has 0 amide bonds. The molecule has 2 heteroatoms. The Bertz CT molecular complexity index is 516. The van der Waals surface area contributed by atoms with Crippen molar-refractivity contribution in [3.63, 3.8) is 0 Å². The summed E-state index contributed by atoms with van der Waals surface area (Å²) in [6.07, 6.45) is 17.9. The smallest absolute Gasteiger partial charge is 0.00209 e. The van der Waals surface area contributed by atoms with Crippen LogP contribution in [-0.4, -0.2) is 18.5 Å².